The Bertz CT molecular complexity index is 1190. The quantitative estimate of drug-likeness (QED) is 0.556. The molecule has 140 valence electrons. The lowest BCUT2D eigenvalue weighted by Gasteiger charge is -2.11. The molecule has 0 fully saturated rings. The van der Waals surface area contributed by atoms with E-state index in [0.717, 1.165) is 5.52 Å². The van der Waals surface area contributed by atoms with Gasteiger partial charge in [-0.3, -0.25) is 9.36 Å². The van der Waals surface area contributed by atoms with E-state index in [9.17, 15) is 9.18 Å². The van der Waals surface area contributed by atoms with Crippen molar-refractivity contribution in [3.05, 3.63) is 88.6 Å². The van der Waals surface area contributed by atoms with Crippen LogP contribution in [0.5, 0.6) is 0 Å². The molecule has 7 heteroatoms. The minimum atomic E-state index is -0.355. The normalized spacial score (nSPS) is 11.0. The maximum absolute atomic E-state index is 13.8. The van der Waals surface area contributed by atoms with Crippen molar-refractivity contribution in [1.82, 2.24) is 19.9 Å². The molecule has 0 aliphatic carbocycles. The van der Waals surface area contributed by atoms with Crippen LogP contribution in [0.1, 0.15) is 21.7 Å². The Kier molecular flexibility index (Phi) is 4.79. The molecule has 5 nitrogen and oxygen atoms in total. The first-order valence-electron chi connectivity index (χ1n) is 8.66. The molecule has 2 aromatic heterocycles. The van der Waals surface area contributed by atoms with Crippen LogP contribution in [0.2, 0.25) is 5.02 Å². The number of pyridine rings is 1. The third kappa shape index (κ3) is 3.34. The molecular formula is C21H16ClFN4O. The van der Waals surface area contributed by atoms with E-state index in [1.165, 1.54) is 6.07 Å². The van der Waals surface area contributed by atoms with Gasteiger partial charge in [0.1, 0.15) is 17.2 Å². The van der Waals surface area contributed by atoms with Crippen LogP contribution in [0.25, 0.3) is 16.9 Å². The Balaban J connectivity index is 1.66. The molecule has 0 saturated heterocycles. The molecule has 0 aliphatic rings. The second-order valence-electron chi connectivity index (χ2n) is 6.28. The van der Waals surface area contributed by atoms with Gasteiger partial charge < -0.3 is 5.32 Å². The number of rotatable bonds is 4. The molecule has 0 spiro atoms. The van der Waals surface area contributed by atoms with Gasteiger partial charge in [-0.25, -0.2) is 14.4 Å². The number of nitrogens with zero attached hydrogens (tertiary/aromatic N) is 3. The van der Waals surface area contributed by atoms with Gasteiger partial charge in [0, 0.05) is 23.9 Å². The van der Waals surface area contributed by atoms with Crippen LogP contribution in [0.15, 0.2) is 60.8 Å². The lowest BCUT2D eigenvalue weighted by atomic mass is 10.1. The zero-order valence-electron chi connectivity index (χ0n) is 15.0. The van der Waals surface area contributed by atoms with Gasteiger partial charge in [0.2, 0.25) is 0 Å². The molecule has 1 amide bonds. The molecule has 0 unspecified atom stereocenters. The summed E-state index contributed by atoms with van der Waals surface area (Å²) in [6.07, 6.45) is 1.68. The smallest absolute Gasteiger partial charge is 0.251 e. The lowest BCUT2D eigenvalue weighted by molar-refractivity contribution is 0.0950. The Hall–Kier alpha value is -3.25. The average Bonchev–Trinajstić information content (AvgIpc) is 3.03. The summed E-state index contributed by atoms with van der Waals surface area (Å²) in [4.78, 5) is 21.5. The monoisotopic (exact) mass is 394 g/mol. The molecule has 0 radical (unpaired) electrons. The van der Waals surface area contributed by atoms with Gasteiger partial charge in [0.05, 0.1) is 10.7 Å². The molecule has 4 rings (SSSR count). The zero-order valence-corrected chi connectivity index (χ0v) is 15.7. The third-order valence-electron chi connectivity index (χ3n) is 4.43. The fourth-order valence-electron chi connectivity index (χ4n) is 3.06. The van der Waals surface area contributed by atoms with Crippen molar-refractivity contribution < 1.29 is 9.18 Å². The molecule has 1 N–H and O–H groups in total. The number of hydrogen-bond acceptors (Lipinski definition) is 3. The highest BCUT2D eigenvalue weighted by atomic mass is 35.5. The van der Waals surface area contributed by atoms with Crippen molar-refractivity contribution >= 4 is 28.7 Å². The largest absolute Gasteiger partial charge is 0.348 e. The Morgan fingerprint density at radius 2 is 2.00 bits per heavy atom. The first kappa shape index (κ1) is 18.1. The number of carbonyl (C=O) groups is 1. The van der Waals surface area contributed by atoms with Crippen LogP contribution in [0.4, 0.5) is 4.39 Å². The lowest BCUT2D eigenvalue weighted by Crippen LogP contribution is -2.23. The SMILES string of the molecule is Cc1nc2cccnc2n1-c1cc(C(=O)NCc2ccccc2F)ccc1Cl. The minimum Gasteiger partial charge on any atom is -0.348 e. The number of halogens is 2. The number of aromatic nitrogens is 3. The van der Waals surface area contributed by atoms with Gasteiger partial charge >= 0.3 is 0 Å². The molecule has 0 atom stereocenters. The summed E-state index contributed by atoms with van der Waals surface area (Å²) in [6.45, 7) is 1.95. The van der Waals surface area contributed by atoms with Gasteiger partial charge in [0.25, 0.3) is 5.91 Å². The van der Waals surface area contributed by atoms with Crippen molar-refractivity contribution in [3.63, 3.8) is 0 Å². The molecule has 0 saturated carbocycles. The van der Waals surface area contributed by atoms with Crippen LogP contribution >= 0.6 is 11.6 Å². The van der Waals surface area contributed by atoms with Gasteiger partial charge in [-0.15, -0.1) is 0 Å². The van der Waals surface area contributed by atoms with Crippen molar-refractivity contribution in [2.75, 3.05) is 0 Å². The summed E-state index contributed by atoms with van der Waals surface area (Å²) in [6, 6.07) is 15.0. The second-order valence-corrected chi connectivity index (χ2v) is 6.69. The predicted molar refractivity (Wildman–Crippen MR) is 106 cm³/mol. The Morgan fingerprint density at radius 3 is 2.82 bits per heavy atom. The van der Waals surface area contributed by atoms with Gasteiger partial charge in [-0.1, -0.05) is 29.8 Å². The average molecular weight is 395 g/mol. The van der Waals surface area contributed by atoms with E-state index in [0.29, 0.717) is 33.3 Å². The molecule has 2 aromatic carbocycles. The maximum Gasteiger partial charge on any atom is 0.251 e. The number of benzene rings is 2. The first-order chi connectivity index (χ1) is 13.5. The highest BCUT2D eigenvalue weighted by Crippen LogP contribution is 2.27. The Labute approximate surface area is 165 Å². The van der Waals surface area contributed by atoms with Gasteiger partial charge in [0.15, 0.2) is 5.65 Å². The molecule has 0 aliphatic heterocycles. The minimum absolute atomic E-state index is 0.0953. The number of carbonyl (C=O) groups excluding carboxylic acids is 1. The summed E-state index contributed by atoms with van der Waals surface area (Å²) < 4.78 is 15.6. The van der Waals surface area contributed by atoms with Crippen LogP contribution in [0, 0.1) is 12.7 Å². The number of fused-ring (bicyclic) bond motifs is 1. The van der Waals surface area contributed by atoms with Gasteiger partial charge in [-0.05, 0) is 43.3 Å². The van der Waals surface area contributed by atoms with E-state index in [1.54, 1.807) is 42.6 Å². The molecule has 2 heterocycles. The fourth-order valence-corrected chi connectivity index (χ4v) is 3.26. The summed E-state index contributed by atoms with van der Waals surface area (Å²) in [5.41, 5.74) is 2.84. The number of nitrogens with one attached hydrogen (secondary N) is 1. The summed E-state index contributed by atoms with van der Waals surface area (Å²) >= 11 is 6.40. The van der Waals surface area contributed by atoms with Crippen molar-refractivity contribution in [2.24, 2.45) is 0 Å². The van der Waals surface area contributed by atoms with Crippen LogP contribution in [0.3, 0.4) is 0 Å². The van der Waals surface area contributed by atoms with Crippen LogP contribution in [-0.4, -0.2) is 20.4 Å². The first-order valence-corrected chi connectivity index (χ1v) is 9.04. The van der Waals surface area contributed by atoms with Crippen LogP contribution in [-0.2, 0) is 6.54 Å². The third-order valence-corrected chi connectivity index (χ3v) is 4.75. The zero-order chi connectivity index (χ0) is 19.7. The number of hydrogen-bond donors (Lipinski definition) is 1. The molecule has 4 aromatic rings. The van der Waals surface area contributed by atoms with E-state index in [1.807, 2.05) is 23.6 Å². The highest BCUT2D eigenvalue weighted by Gasteiger charge is 2.16. The van der Waals surface area contributed by atoms with E-state index in [4.69, 9.17) is 11.6 Å². The standard InChI is InChI=1S/C21H16ClFN4O/c1-13-26-18-7-4-10-24-20(18)27(13)19-11-14(8-9-16(19)22)21(28)25-12-15-5-2-3-6-17(15)23/h2-11H,12H2,1H3,(H,25,28). The highest BCUT2D eigenvalue weighted by molar-refractivity contribution is 6.32. The second kappa shape index (κ2) is 7.40. The van der Waals surface area contributed by atoms with Crippen molar-refractivity contribution in [1.29, 1.82) is 0 Å². The summed E-state index contributed by atoms with van der Waals surface area (Å²) in [5, 5.41) is 3.21. The summed E-state index contributed by atoms with van der Waals surface area (Å²) in [5.74, 6) is 0.0295. The Morgan fingerprint density at radius 1 is 1.18 bits per heavy atom. The van der Waals surface area contributed by atoms with E-state index >= 15 is 0 Å². The molecule has 28 heavy (non-hydrogen) atoms. The molecule has 0 bridgehead atoms. The number of imidazole rings is 1. The number of amides is 1. The van der Waals surface area contributed by atoms with Crippen molar-refractivity contribution in [3.8, 4) is 5.69 Å². The van der Waals surface area contributed by atoms with E-state index in [2.05, 4.69) is 15.3 Å². The predicted octanol–water partition coefficient (Wildman–Crippen LogP) is 4.45. The van der Waals surface area contributed by atoms with Crippen LogP contribution < -0.4 is 5.32 Å². The van der Waals surface area contributed by atoms with E-state index in [-0.39, 0.29) is 18.3 Å². The van der Waals surface area contributed by atoms with Gasteiger partial charge in [-0.2, -0.15) is 0 Å². The topological polar surface area (TPSA) is 59.8 Å². The number of aryl methyl sites for hydroxylation is 1. The molecular weight excluding hydrogens is 379 g/mol. The maximum atomic E-state index is 13.8. The van der Waals surface area contributed by atoms with Crippen molar-refractivity contribution in [2.45, 2.75) is 13.5 Å². The summed E-state index contributed by atoms with van der Waals surface area (Å²) in [7, 11) is 0. The van der Waals surface area contributed by atoms with E-state index < -0.39 is 0 Å². The fraction of sp³-hybridized carbons (Fsp3) is 0.0952.